The lowest BCUT2D eigenvalue weighted by Crippen LogP contribution is -2.79. The molecule has 2 saturated heterocycles. The molecule has 0 unspecified atom stereocenters. The average molecular weight is 983 g/mol. The van der Waals surface area contributed by atoms with Gasteiger partial charge in [-0.15, -0.1) is 0 Å². The van der Waals surface area contributed by atoms with E-state index in [2.05, 4.69) is 20.9 Å². The van der Waals surface area contributed by atoms with Crippen LogP contribution in [0.4, 0.5) is 5.82 Å². The molecule has 2 bridgehead atoms. The van der Waals surface area contributed by atoms with Crippen molar-refractivity contribution in [3.63, 3.8) is 0 Å². The van der Waals surface area contributed by atoms with Crippen LogP contribution in [0, 0.1) is 5.92 Å². The van der Waals surface area contributed by atoms with Crippen LogP contribution in [0.3, 0.4) is 0 Å². The van der Waals surface area contributed by atoms with Crippen molar-refractivity contribution < 1.29 is 74.1 Å². The number of aliphatic carboxylic acids is 1. The molecule has 2 aromatic heterocycles. The Kier molecular flexibility index (Phi) is 13.2. The molecule has 5 heterocycles. The zero-order valence-corrected chi connectivity index (χ0v) is 38.0. The van der Waals surface area contributed by atoms with Gasteiger partial charge >= 0.3 is 5.97 Å². The lowest BCUT2D eigenvalue weighted by Gasteiger charge is -2.58. The van der Waals surface area contributed by atoms with E-state index in [0.29, 0.717) is 52.6 Å². The van der Waals surface area contributed by atoms with Crippen molar-refractivity contribution in [3.05, 3.63) is 129 Å². The number of nitrogen functional groups attached to an aromatic ring is 1. The van der Waals surface area contributed by atoms with Gasteiger partial charge in [0.25, 0.3) is 0 Å². The Labute approximate surface area is 403 Å². The Hall–Kier alpha value is -7.12. The lowest BCUT2D eigenvalue weighted by molar-refractivity contribution is -0.344. The van der Waals surface area contributed by atoms with Gasteiger partial charge in [0.15, 0.2) is 34.7 Å². The van der Waals surface area contributed by atoms with Gasteiger partial charge in [0.2, 0.25) is 18.3 Å². The van der Waals surface area contributed by atoms with Crippen molar-refractivity contribution in [1.82, 2.24) is 20.9 Å². The van der Waals surface area contributed by atoms with Crippen LogP contribution < -0.4 is 47.1 Å². The number of carbonyl (C=O) groups is 1. The molecule has 22 heteroatoms. The number of nitrogens with one attached hydrogen (secondary N) is 4. The van der Waals surface area contributed by atoms with Crippen LogP contribution >= 0.6 is 0 Å². The van der Waals surface area contributed by atoms with Crippen molar-refractivity contribution >= 4 is 22.8 Å². The van der Waals surface area contributed by atoms with Gasteiger partial charge in [0, 0.05) is 60.7 Å². The van der Waals surface area contributed by atoms with Crippen molar-refractivity contribution in [2.75, 3.05) is 32.1 Å². The highest BCUT2D eigenvalue weighted by atomic mass is 16.7. The number of aromatic hydroxyl groups is 2. The van der Waals surface area contributed by atoms with Crippen LogP contribution in [0.15, 0.2) is 111 Å². The van der Waals surface area contributed by atoms with Crippen LogP contribution in [0.5, 0.6) is 28.7 Å². The number of hydrogen-bond acceptors (Lipinski definition) is 20. The van der Waals surface area contributed by atoms with Gasteiger partial charge in [0.1, 0.15) is 51.9 Å². The molecule has 10 atom stereocenters. The molecule has 9 rings (SSSR count). The number of dihydropyridines is 1. The number of phenols is 2. The first-order valence-electron chi connectivity index (χ1n) is 22.7. The maximum Gasteiger partial charge on any atom is 0.336 e. The Balaban J connectivity index is 1.13. The molecule has 17 N–H and O–H groups in total. The predicted octanol–water partition coefficient (Wildman–Crippen LogP) is 0.693. The highest BCUT2D eigenvalue weighted by Crippen LogP contribution is 2.53. The fraction of sp³-hybridized carbons (Fsp3) is 0.347. The summed E-state index contributed by atoms with van der Waals surface area (Å²) in [5, 5.41) is 112. The summed E-state index contributed by atoms with van der Waals surface area (Å²) in [4.78, 5) is 30.0. The molecule has 1 aliphatic carbocycles. The number of allylic oxidation sites excluding steroid dienone is 2. The van der Waals surface area contributed by atoms with Gasteiger partial charge in [-0.1, -0.05) is 18.6 Å². The monoisotopic (exact) mass is 982 g/mol. The van der Waals surface area contributed by atoms with Crippen LogP contribution in [-0.2, 0) is 16.0 Å². The van der Waals surface area contributed by atoms with Crippen LogP contribution in [0.2, 0.25) is 0 Å². The summed E-state index contributed by atoms with van der Waals surface area (Å²) in [7, 11) is 0. The second kappa shape index (κ2) is 19.2. The first-order chi connectivity index (χ1) is 33.9. The van der Waals surface area contributed by atoms with E-state index in [9.17, 15) is 55.5 Å². The summed E-state index contributed by atoms with van der Waals surface area (Å²) < 4.78 is 30.2. The van der Waals surface area contributed by atoms with E-state index in [1.54, 1.807) is 18.2 Å². The number of aryl methyl sites for hydroxylation is 1. The van der Waals surface area contributed by atoms with Crippen molar-refractivity contribution in [2.24, 2.45) is 11.7 Å². The minimum Gasteiger partial charge on any atom is -0.508 e. The number of carboxylic acids is 1. The largest absolute Gasteiger partial charge is 0.508 e. The Bertz CT molecular complexity index is 2990. The number of hydrogen-bond donors (Lipinski definition) is 15. The molecule has 3 aromatic carbocycles. The topological polar surface area (TPSA) is 370 Å². The van der Waals surface area contributed by atoms with Gasteiger partial charge in [-0.05, 0) is 90.7 Å². The summed E-state index contributed by atoms with van der Waals surface area (Å²) >= 11 is 0. The maximum absolute atomic E-state index is 14.0. The average Bonchev–Trinajstić information content (AvgIpc) is 4.03. The van der Waals surface area contributed by atoms with E-state index in [4.69, 9.17) is 34.8 Å². The van der Waals surface area contributed by atoms with Crippen molar-refractivity contribution in [2.45, 2.75) is 74.0 Å². The second-order valence-electron chi connectivity index (χ2n) is 17.9. The lowest BCUT2D eigenvalue weighted by atomic mass is 9.59. The molecule has 0 spiro atoms. The van der Waals surface area contributed by atoms with Crippen molar-refractivity contribution in [1.29, 1.82) is 0 Å². The second-order valence-corrected chi connectivity index (χ2v) is 17.9. The van der Waals surface area contributed by atoms with Gasteiger partial charge in [-0.25, -0.2) is 4.79 Å². The molecule has 0 saturated carbocycles. The third kappa shape index (κ3) is 9.12. The smallest absolute Gasteiger partial charge is 0.336 e. The number of phenolic OH excluding ortho intramolecular Hbond substituents is 2. The van der Waals surface area contributed by atoms with E-state index in [0.717, 1.165) is 12.1 Å². The first kappa shape index (κ1) is 48.9. The Morgan fingerprint density at radius 3 is 2.45 bits per heavy atom. The SMILES string of the molecule is CCc1cc(O)cc([C@H](O)Oc2c(O[C@@H]3O[C@H](C(=O)O)[C@]4(O)[C@@H]([C@@H]5CNCN5)C(CC5=CCNC(N)=C5)=C[C@@]3(O)[C@@H]4O)cc3oc(-c4ccc(O[C@H](CO)[C@H](O)c5ccc(N)[nH]5)cc4)cc(=O)c3c2O)c1. The summed E-state index contributed by atoms with van der Waals surface area (Å²) in [5.74, 6) is -4.59. The number of benzene rings is 3. The van der Waals surface area contributed by atoms with E-state index in [1.165, 1.54) is 48.5 Å². The highest BCUT2D eigenvalue weighted by Gasteiger charge is 2.71. The standard InChI is InChI=1S/C49H54N6O16/c1-2-22-11-25(15-27(57)13-22)45(63)70-42-34(17-33-38(41(42)60)31(58)16-32(68-33)24-3-5-28(6-4-24)67-35(20-56)40(59)29-7-8-36(50)55-29)69-47-48(65)18-26(12-23-9-10-53-37(51)14-23)39(30-19-52-21-54-30)49(66,46(48)64)43(71-47)44(61)62/h3-9,11,13-18,30,35,39-40,43,45-47,52-57,59-60,63-66H,2,10,12,19-21,50-51H2,1H3,(H,61,62)/t30-,35+,39+,40+,43+,45+,46-,47+,48+,49+/m0/s1. The quantitative estimate of drug-likeness (QED) is 0.0478. The molecule has 0 amide bonds. The molecule has 2 fully saturated rings. The summed E-state index contributed by atoms with van der Waals surface area (Å²) in [6.45, 7) is 2.12. The summed E-state index contributed by atoms with van der Waals surface area (Å²) in [6, 6.07) is 14.8. The first-order valence-corrected chi connectivity index (χ1v) is 22.7. The highest BCUT2D eigenvalue weighted by molar-refractivity contribution is 5.89. The van der Waals surface area contributed by atoms with E-state index >= 15 is 0 Å². The van der Waals surface area contributed by atoms with Crippen LogP contribution in [-0.4, -0.2) is 125 Å². The number of aliphatic hydroxyl groups is 6. The number of carboxylic acid groups (broad SMARTS) is 1. The fourth-order valence-electron chi connectivity index (χ4n) is 9.80. The molecule has 4 aliphatic rings. The number of rotatable bonds is 16. The number of aromatic nitrogens is 1. The normalized spacial score (nSPS) is 26.4. The third-order valence-corrected chi connectivity index (χ3v) is 13.2. The molecule has 3 aliphatic heterocycles. The molecule has 5 aromatic rings. The number of nitrogens with two attached hydrogens (primary N) is 2. The number of H-pyrrole nitrogens is 1. The van der Waals surface area contributed by atoms with E-state index in [1.807, 2.05) is 13.0 Å². The Morgan fingerprint density at radius 2 is 1.79 bits per heavy atom. The fourth-order valence-corrected chi connectivity index (χ4v) is 9.80. The number of anilines is 1. The molecule has 376 valence electrons. The number of aliphatic hydroxyl groups excluding tert-OH is 4. The Morgan fingerprint density at radius 1 is 1.01 bits per heavy atom. The molecule has 71 heavy (non-hydrogen) atoms. The zero-order chi connectivity index (χ0) is 50.5. The van der Waals surface area contributed by atoms with E-state index < -0.39 is 101 Å². The van der Waals surface area contributed by atoms with E-state index in [-0.39, 0.29) is 48.0 Å². The van der Waals surface area contributed by atoms with Gasteiger partial charge in [0.05, 0.1) is 12.4 Å². The van der Waals surface area contributed by atoms with Crippen molar-refractivity contribution in [3.8, 4) is 40.1 Å². The minimum absolute atomic E-state index is 0.0118. The number of aromatic amines is 1. The number of ether oxygens (including phenoxy) is 4. The van der Waals surface area contributed by atoms with Gasteiger partial charge in [-0.3, -0.25) is 10.1 Å². The minimum atomic E-state index is -2.75. The zero-order valence-electron chi connectivity index (χ0n) is 38.0. The predicted molar refractivity (Wildman–Crippen MR) is 251 cm³/mol. The third-order valence-electron chi connectivity index (χ3n) is 13.2. The maximum atomic E-state index is 14.0. The molecule has 0 radical (unpaired) electrons. The molecular weight excluding hydrogens is 929 g/mol. The summed E-state index contributed by atoms with van der Waals surface area (Å²) in [6.07, 6.45) is -5.99. The van der Waals surface area contributed by atoms with Crippen LogP contribution in [0.25, 0.3) is 22.3 Å². The van der Waals surface area contributed by atoms with Gasteiger partial charge in [-0.2, -0.15) is 0 Å². The molecular formula is C49H54N6O16. The number of fused-ring (bicyclic) bond motifs is 3. The molecule has 22 nitrogen and oxygen atoms in total. The van der Waals surface area contributed by atoms with Crippen LogP contribution in [0.1, 0.15) is 42.6 Å². The van der Waals surface area contributed by atoms with Gasteiger partial charge < -0.3 is 96.4 Å². The summed E-state index contributed by atoms with van der Waals surface area (Å²) in [5.41, 5.74) is 7.38.